The summed E-state index contributed by atoms with van der Waals surface area (Å²) in [6.07, 6.45) is 0.121. The van der Waals surface area contributed by atoms with Crippen molar-refractivity contribution in [2.45, 2.75) is 25.3 Å². The van der Waals surface area contributed by atoms with Crippen LogP contribution in [0.25, 0.3) is 0 Å². The van der Waals surface area contributed by atoms with Crippen molar-refractivity contribution in [2.24, 2.45) is 0 Å². The first kappa shape index (κ1) is 28.2. The van der Waals surface area contributed by atoms with Crippen molar-refractivity contribution in [1.29, 1.82) is 0 Å². The number of hydrogen-bond donors (Lipinski definition) is 2. The van der Waals surface area contributed by atoms with Gasteiger partial charge in [-0.05, 0) is 24.6 Å². The van der Waals surface area contributed by atoms with E-state index in [9.17, 15) is 24.0 Å². The second kappa shape index (κ2) is 14.4. The van der Waals surface area contributed by atoms with E-state index in [4.69, 9.17) is 28.8 Å². The van der Waals surface area contributed by atoms with Crippen LogP contribution in [0.5, 0.6) is 5.75 Å². The van der Waals surface area contributed by atoms with Crippen LogP contribution in [0.15, 0.2) is 18.2 Å². The van der Waals surface area contributed by atoms with Crippen LogP contribution < -0.4 is 10.1 Å². The fraction of sp³-hybridized carbons (Fsp3) is 0.542. The van der Waals surface area contributed by atoms with E-state index < -0.39 is 35.6 Å². The lowest BCUT2D eigenvalue weighted by Gasteiger charge is -2.27. The second-order valence-corrected chi connectivity index (χ2v) is 8.10. The van der Waals surface area contributed by atoms with Gasteiger partial charge in [-0.3, -0.25) is 34.2 Å². The minimum Gasteiger partial charge on any atom is -0.491 e. The Bertz CT molecular complexity index is 997. The molecule has 3 rings (SSSR count). The van der Waals surface area contributed by atoms with Gasteiger partial charge in [-0.1, -0.05) is 0 Å². The number of piperidine rings is 1. The van der Waals surface area contributed by atoms with Crippen molar-refractivity contribution in [1.82, 2.24) is 10.2 Å². The molecular weight excluding hydrogens is 492 g/mol. The topological polar surface area (TPSA) is 167 Å². The number of carbonyl (C=O) groups is 5. The van der Waals surface area contributed by atoms with E-state index in [1.54, 1.807) is 6.07 Å². The lowest BCUT2D eigenvalue weighted by atomic mass is 10.0. The monoisotopic (exact) mass is 522 g/mol. The Morgan fingerprint density at radius 2 is 1.41 bits per heavy atom. The molecule has 2 heterocycles. The van der Waals surface area contributed by atoms with Crippen molar-refractivity contribution in [3.8, 4) is 5.75 Å². The fourth-order valence-corrected chi connectivity index (χ4v) is 3.68. The highest BCUT2D eigenvalue weighted by Crippen LogP contribution is 2.30. The Kier molecular flexibility index (Phi) is 11.0. The molecule has 2 aliphatic heterocycles. The molecule has 0 saturated carbocycles. The summed E-state index contributed by atoms with van der Waals surface area (Å²) in [5.41, 5.74) is 0.334. The van der Waals surface area contributed by atoms with E-state index in [-0.39, 0.29) is 50.2 Å². The number of imide groups is 2. The Hall–Kier alpha value is -3.39. The number of amides is 4. The zero-order valence-corrected chi connectivity index (χ0v) is 20.3. The molecule has 202 valence electrons. The smallest absolute Gasteiger partial charge is 0.305 e. The van der Waals surface area contributed by atoms with Gasteiger partial charge in [-0.25, -0.2) is 0 Å². The third-order valence-corrected chi connectivity index (χ3v) is 5.48. The molecule has 1 aromatic rings. The Balaban J connectivity index is 1.26. The average Bonchev–Trinajstić information content (AvgIpc) is 3.11. The molecule has 1 aromatic carbocycles. The van der Waals surface area contributed by atoms with Gasteiger partial charge in [-0.15, -0.1) is 0 Å². The number of benzene rings is 1. The number of carboxylic acid groups (broad SMARTS) is 1. The van der Waals surface area contributed by atoms with Crippen LogP contribution in [0, 0.1) is 0 Å². The predicted octanol–water partition coefficient (Wildman–Crippen LogP) is 0.00770. The number of nitrogens with one attached hydrogen (secondary N) is 1. The van der Waals surface area contributed by atoms with E-state index >= 15 is 0 Å². The van der Waals surface area contributed by atoms with Crippen molar-refractivity contribution in [3.05, 3.63) is 29.3 Å². The highest BCUT2D eigenvalue weighted by atomic mass is 16.6. The molecule has 0 radical (unpaired) electrons. The van der Waals surface area contributed by atoms with Gasteiger partial charge in [0.2, 0.25) is 11.8 Å². The third-order valence-electron chi connectivity index (χ3n) is 5.48. The molecule has 2 N–H and O–H groups in total. The first-order chi connectivity index (χ1) is 17.9. The van der Waals surface area contributed by atoms with Gasteiger partial charge >= 0.3 is 5.97 Å². The summed E-state index contributed by atoms with van der Waals surface area (Å²) >= 11 is 0. The summed E-state index contributed by atoms with van der Waals surface area (Å²) in [6, 6.07) is 3.50. The number of aliphatic carboxylic acids is 1. The van der Waals surface area contributed by atoms with Crippen LogP contribution in [0.2, 0.25) is 0 Å². The minimum atomic E-state index is -1.01. The van der Waals surface area contributed by atoms with Crippen LogP contribution in [0.4, 0.5) is 0 Å². The van der Waals surface area contributed by atoms with Crippen LogP contribution in [0.1, 0.15) is 40.0 Å². The molecule has 0 bridgehead atoms. The number of fused-ring (bicyclic) bond motifs is 1. The van der Waals surface area contributed by atoms with Gasteiger partial charge < -0.3 is 28.8 Å². The number of ether oxygens (including phenoxy) is 5. The quantitative estimate of drug-likeness (QED) is 0.209. The Labute approximate surface area is 212 Å². The number of carbonyl (C=O) groups excluding carboxylic acids is 4. The van der Waals surface area contributed by atoms with Gasteiger partial charge in [0.05, 0.1) is 70.4 Å². The standard InChI is InChI=1S/C24H30N2O11/c27-20-4-3-19(22(30)25-20)26-23(31)17-2-1-16(15-18(17)24(26)32)37-14-13-36-12-11-35-10-9-34-8-7-33-6-5-21(28)29/h1-2,15,19H,3-14H2,(H,28,29)(H,25,27,30). The molecule has 4 amide bonds. The predicted molar refractivity (Wildman–Crippen MR) is 124 cm³/mol. The number of nitrogens with zero attached hydrogens (tertiary/aromatic N) is 1. The Morgan fingerprint density at radius 3 is 2.00 bits per heavy atom. The molecule has 1 atom stereocenters. The highest BCUT2D eigenvalue weighted by Gasteiger charge is 2.44. The normalized spacial score (nSPS) is 17.2. The molecule has 13 heteroatoms. The lowest BCUT2D eigenvalue weighted by Crippen LogP contribution is -2.54. The number of hydrogen-bond acceptors (Lipinski definition) is 10. The van der Waals surface area contributed by atoms with Crippen LogP contribution in [0.3, 0.4) is 0 Å². The molecule has 0 aromatic heterocycles. The fourth-order valence-electron chi connectivity index (χ4n) is 3.68. The summed E-state index contributed by atoms with van der Waals surface area (Å²) in [7, 11) is 0. The van der Waals surface area contributed by atoms with E-state index in [0.29, 0.717) is 45.4 Å². The molecule has 13 nitrogen and oxygen atoms in total. The van der Waals surface area contributed by atoms with Crippen LogP contribution in [-0.4, -0.2) is 105 Å². The zero-order valence-electron chi connectivity index (χ0n) is 20.3. The molecule has 1 fully saturated rings. The number of rotatable bonds is 17. The largest absolute Gasteiger partial charge is 0.491 e. The first-order valence-corrected chi connectivity index (χ1v) is 11.9. The highest BCUT2D eigenvalue weighted by molar-refractivity contribution is 6.23. The van der Waals surface area contributed by atoms with Crippen LogP contribution >= 0.6 is 0 Å². The summed E-state index contributed by atoms with van der Waals surface area (Å²) < 4.78 is 26.8. The van der Waals surface area contributed by atoms with Crippen LogP contribution in [-0.2, 0) is 33.3 Å². The van der Waals surface area contributed by atoms with Gasteiger partial charge in [0.15, 0.2) is 0 Å². The van der Waals surface area contributed by atoms with Crippen molar-refractivity contribution < 1.29 is 52.8 Å². The molecule has 0 aliphatic carbocycles. The maximum Gasteiger partial charge on any atom is 0.305 e. The van der Waals surface area contributed by atoms with E-state index in [0.717, 1.165) is 4.90 Å². The first-order valence-electron chi connectivity index (χ1n) is 11.9. The zero-order chi connectivity index (χ0) is 26.6. The molecule has 0 spiro atoms. The molecule has 1 unspecified atom stereocenters. The van der Waals surface area contributed by atoms with Crippen molar-refractivity contribution in [2.75, 3.05) is 59.5 Å². The number of carboxylic acids is 1. The minimum absolute atomic E-state index is 0.0343. The van der Waals surface area contributed by atoms with Crippen molar-refractivity contribution in [3.63, 3.8) is 0 Å². The maximum atomic E-state index is 12.8. The average molecular weight is 523 g/mol. The maximum absolute atomic E-state index is 12.8. The van der Waals surface area contributed by atoms with Gasteiger partial charge in [0.1, 0.15) is 18.4 Å². The molecule has 37 heavy (non-hydrogen) atoms. The Morgan fingerprint density at radius 1 is 0.838 bits per heavy atom. The van der Waals surface area contributed by atoms with Gasteiger partial charge in [0.25, 0.3) is 11.8 Å². The summed E-state index contributed by atoms with van der Waals surface area (Å²) in [4.78, 5) is 60.2. The van der Waals surface area contributed by atoms with Gasteiger partial charge in [-0.2, -0.15) is 0 Å². The summed E-state index contributed by atoms with van der Waals surface area (Å²) in [6.45, 7) is 2.80. The summed E-state index contributed by atoms with van der Waals surface area (Å²) in [5.74, 6) is -2.77. The summed E-state index contributed by atoms with van der Waals surface area (Å²) in [5, 5.41) is 10.6. The van der Waals surface area contributed by atoms with E-state index in [2.05, 4.69) is 5.32 Å². The second-order valence-electron chi connectivity index (χ2n) is 8.10. The van der Waals surface area contributed by atoms with Crippen molar-refractivity contribution >= 4 is 29.6 Å². The third kappa shape index (κ3) is 8.32. The lowest BCUT2D eigenvalue weighted by molar-refractivity contribution is -0.138. The molecular formula is C24H30N2O11. The molecule has 2 aliphatic rings. The molecule has 1 saturated heterocycles. The van der Waals surface area contributed by atoms with E-state index in [1.165, 1.54) is 12.1 Å². The van der Waals surface area contributed by atoms with Gasteiger partial charge in [0, 0.05) is 6.42 Å². The van der Waals surface area contributed by atoms with E-state index in [1.807, 2.05) is 0 Å². The SMILES string of the molecule is O=C(O)CCOCCOCCOCCOCCOc1ccc2c(c1)C(=O)N(C1CCC(=O)NC1=O)C2=O.